The molecule has 2 aromatic rings. The maximum absolute atomic E-state index is 12.2. The van der Waals surface area contributed by atoms with Crippen LogP contribution in [0.3, 0.4) is 0 Å². The number of nitrogens with one attached hydrogen (secondary N) is 1. The fourth-order valence-corrected chi connectivity index (χ4v) is 3.84. The molecule has 8 heteroatoms. The van der Waals surface area contributed by atoms with Crippen molar-refractivity contribution < 1.29 is 13.3 Å². The van der Waals surface area contributed by atoms with Gasteiger partial charge in [-0.2, -0.15) is 0 Å². The molecule has 0 bridgehead atoms. The summed E-state index contributed by atoms with van der Waals surface area (Å²) in [5.41, 5.74) is 0.239. The Bertz CT molecular complexity index is 740. The molecular formula is C13H14N2O4S2. The molecule has 21 heavy (non-hydrogen) atoms. The van der Waals surface area contributed by atoms with E-state index in [2.05, 4.69) is 4.72 Å². The maximum atomic E-state index is 12.2. The zero-order valence-corrected chi connectivity index (χ0v) is 12.9. The van der Waals surface area contributed by atoms with Crippen LogP contribution in [0.15, 0.2) is 40.6 Å². The quantitative estimate of drug-likeness (QED) is 0.652. The number of nitrogens with zero attached hydrogens (tertiary/aromatic N) is 1. The lowest BCUT2D eigenvalue weighted by atomic mass is 10.2. The molecular weight excluding hydrogens is 312 g/mol. The van der Waals surface area contributed by atoms with E-state index in [4.69, 9.17) is 0 Å². The van der Waals surface area contributed by atoms with Gasteiger partial charge in [-0.3, -0.25) is 10.1 Å². The fraction of sp³-hybridized carbons (Fsp3) is 0.231. The summed E-state index contributed by atoms with van der Waals surface area (Å²) in [6.07, 6.45) is 0.588. The van der Waals surface area contributed by atoms with Gasteiger partial charge in [0.15, 0.2) is 0 Å². The van der Waals surface area contributed by atoms with Crippen molar-refractivity contribution >= 4 is 27.0 Å². The Morgan fingerprint density at radius 3 is 2.71 bits per heavy atom. The van der Waals surface area contributed by atoms with Crippen molar-refractivity contribution in [1.29, 1.82) is 0 Å². The van der Waals surface area contributed by atoms with Gasteiger partial charge in [-0.1, -0.05) is 12.1 Å². The van der Waals surface area contributed by atoms with Gasteiger partial charge in [0.1, 0.15) is 0 Å². The molecule has 0 unspecified atom stereocenters. The monoisotopic (exact) mass is 326 g/mol. The second-order valence-corrected chi connectivity index (χ2v) is 7.20. The van der Waals surface area contributed by atoms with Crippen LogP contribution in [0.2, 0.25) is 0 Å². The highest BCUT2D eigenvalue weighted by atomic mass is 32.2. The van der Waals surface area contributed by atoms with Crippen molar-refractivity contribution in [3.05, 3.63) is 56.3 Å². The minimum atomic E-state index is -3.75. The van der Waals surface area contributed by atoms with Crippen molar-refractivity contribution in [2.45, 2.75) is 18.2 Å². The molecule has 0 atom stereocenters. The van der Waals surface area contributed by atoms with E-state index >= 15 is 0 Å². The standard InChI is InChI=1S/C13H14N2O4S2/c1-10-4-5-11(15(16)17)9-13(10)21(18,19)14-7-6-12-3-2-8-20-12/h2-5,8-9,14H,6-7H2,1H3. The topological polar surface area (TPSA) is 89.3 Å². The number of hydrogen-bond acceptors (Lipinski definition) is 5. The summed E-state index contributed by atoms with van der Waals surface area (Å²) in [6.45, 7) is 1.86. The Hall–Kier alpha value is -1.77. The van der Waals surface area contributed by atoms with Gasteiger partial charge in [0.2, 0.25) is 10.0 Å². The normalized spacial score (nSPS) is 11.5. The van der Waals surface area contributed by atoms with Crippen LogP contribution in [0.4, 0.5) is 5.69 Å². The van der Waals surface area contributed by atoms with E-state index in [1.54, 1.807) is 18.3 Å². The van der Waals surface area contributed by atoms with E-state index in [1.165, 1.54) is 12.1 Å². The van der Waals surface area contributed by atoms with Crippen molar-refractivity contribution in [1.82, 2.24) is 4.72 Å². The number of rotatable bonds is 6. The number of benzene rings is 1. The SMILES string of the molecule is Cc1ccc([N+](=O)[O-])cc1S(=O)(=O)NCCc1cccs1. The van der Waals surface area contributed by atoms with Gasteiger partial charge in [-0.05, 0) is 30.4 Å². The molecule has 0 amide bonds. The van der Waals surface area contributed by atoms with E-state index in [-0.39, 0.29) is 17.1 Å². The largest absolute Gasteiger partial charge is 0.270 e. The first-order valence-corrected chi connectivity index (χ1v) is 8.53. The predicted octanol–water partition coefficient (Wildman–Crippen LogP) is 2.49. The number of nitro groups is 1. The second-order valence-electron chi connectivity index (χ2n) is 4.43. The maximum Gasteiger partial charge on any atom is 0.270 e. The Balaban J connectivity index is 2.15. The van der Waals surface area contributed by atoms with Crippen LogP contribution in [-0.2, 0) is 16.4 Å². The first-order chi connectivity index (χ1) is 9.90. The summed E-state index contributed by atoms with van der Waals surface area (Å²) in [7, 11) is -3.75. The molecule has 0 spiro atoms. The highest BCUT2D eigenvalue weighted by Crippen LogP contribution is 2.21. The molecule has 1 heterocycles. The summed E-state index contributed by atoms with van der Waals surface area (Å²) >= 11 is 1.55. The lowest BCUT2D eigenvalue weighted by Gasteiger charge is -2.08. The van der Waals surface area contributed by atoms with E-state index in [9.17, 15) is 18.5 Å². The first kappa shape index (κ1) is 15.6. The molecule has 0 fully saturated rings. The number of nitro benzene ring substituents is 1. The molecule has 0 saturated carbocycles. The zero-order valence-electron chi connectivity index (χ0n) is 11.3. The molecule has 0 radical (unpaired) electrons. The van der Waals surface area contributed by atoms with Crippen LogP contribution in [0.5, 0.6) is 0 Å². The lowest BCUT2D eigenvalue weighted by molar-refractivity contribution is -0.385. The summed E-state index contributed by atoms with van der Waals surface area (Å²) in [4.78, 5) is 11.2. The van der Waals surface area contributed by atoms with Gasteiger partial charge in [0, 0.05) is 23.6 Å². The number of sulfonamides is 1. The molecule has 2 rings (SSSR count). The highest BCUT2D eigenvalue weighted by Gasteiger charge is 2.20. The molecule has 1 aromatic carbocycles. The summed E-state index contributed by atoms with van der Waals surface area (Å²) in [5.74, 6) is 0. The lowest BCUT2D eigenvalue weighted by Crippen LogP contribution is -2.26. The van der Waals surface area contributed by atoms with Gasteiger partial charge in [-0.15, -0.1) is 11.3 Å². The first-order valence-electron chi connectivity index (χ1n) is 6.17. The van der Waals surface area contributed by atoms with Crippen molar-refractivity contribution in [3.63, 3.8) is 0 Å². The van der Waals surface area contributed by atoms with Crippen LogP contribution in [-0.4, -0.2) is 19.9 Å². The highest BCUT2D eigenvalue weighted by molar-refractivity contribution is 7.89. The minimum absolute atomic E-state index is 0.0529. The Kier molecular flexibility index (Phi) is 4.71. The third-order valence-electron chi connectivity index (χ3n) is 2.92. The Labute approximate surface area is 126 Å². The molecule has 1 N–H and O–H groups in total. The van der Waals surface area contributed by atoms with Gasteiger partial charge in [0.25, 0.3) is 5.69 Å². The van der Waals surface area contributed by atoms with E-state index in [1.807, 2.05) is 17.5 Å². The number of hydrogen-bond donors (Lipinski definition) is 1. The summed E-state index contributed by atoms with van der Waals surface area (Å²) in [5, 5.41) is 12.7. The van der Waals surface area contributed by atoms with Gasteiger partial charge < -0.3 is 0 Å². The fourth-order valence-electron chi connectivity index (χ4n) is 1.83. The summed E-state index contributed by atoms with van der Waals surface area (Å²) < 4.78 is 26.9. The smallest absolute Gasteiger partial charge is 0.258 e. The molecule has 6 nitrogen and oxygen atoms in total. The number of thiophene rings is 1. The minimum Gasteiger partial charge on any atom is -0.258 e. The van der Waals surface area contributed by atoms with Crippen LogP contribution in [0.25, 0.3) is 0 Å². The Morgan fingerprint density at radius 1 is 1.33 bits per heavy atom. The van der Waals surface area contributed by atoms with E-state index in [0.29, 0.717) is 12.0 Å². The molecule has 0 aliphatic rings. The predicted molar refractivity (Wildman–Crippen MR) is 81.0 cm³/mol. The van der Waals surface area contributed by atoms with Crippen molar-refractivity contribution in [3.8, 4) is 0 Å². The third-order valence-corrected chi connectivity index (χ3v) is 5.45. The van der Waals surface area contributed by atoms with Gasteiger partial charge in [0.05, 0.1) is 9.82 Å². The van der Waals surface area contributed by atoms with E-state index in [0.717, 1.165) is 10.9 Å². The van der Waals surface area contributed by atoms with Crippen LogP contribution >= 0.6 is 11.3 Å². The molecule has 0 aliphatic heterocycles. The number of aryl methyl sites for hydroxylation is 1. The van der Waals surface area contributed by atoms with Crippen molar-refractivity contribution in [2.75, 3.05) is 6.54 Å². The molecule has 112 valence electrons. The summed E-state index contributed by atoms with van der Waals surface area (Å²) in [6, 6.07) is 7.64. The van der Waals surface area contributed by atoms with Crippen LogP contribution in [0.1, 0.15) is 10.4 Å². The van der Waals surface area contributed by atoms with Crippen LogP contribution in [0, 0.1) is 17.0 Å². The van der Waals surface area contributed by atoms with Gasteiger partial charge in [-0.25, -0.2) is 13.1 Å². The molecule has 1 aromatic heterocycles. The Morgan fingerprint density at radius 2 is 2.10 bits per heavy atom. The zero-order chi connectivity index (χ0) is 15.5. The van der Waals surface area contributed by atoms with Gasteiger partial charge >= 0.3 is 0 Å². The average Bonchev–Trinajstić information content (AvgIpc) is 2.91. The molecule has 0 aliphatic carbocycles. The van der Waals surface area contributed by atoms with E-state index < -0.39 is 14.9 Å². The third kappa shape index (κ3) is 3.87. The molecule has 0 saturated heterocycles. The van der Waals surface area contributed by atoms with Crippen LogP contribution < -0.4 is 4.72 Å². The van der Waals surface area contributed by atoms with Crippen molar-refractivity contribution in [2.24, 2.45) is 0 Å². The average molecular weight is 326 g/mol. The number of non-ortho nitro benzene ring substituents is 1. The second kappa shape index (κ2) is 6.33.